The molecule has 0 fully saturated rings. The van der Waals surface area contributed by atoms with E-state index in [9.17, 15) is 4.79 Å². The molecule has 4 nitrogen and oxygen atoms in total. The lowest BCUT2D eigenvalue weighted by Crippen LogP contribution is -2.11. The molecule has 0 atom stereocenters. The zero-order valence-corrected chi connectivity index (χ0v) is 7.49. The number of nitrogens with zero attached hydrogens (tertiary/aromatic N) is 2. The Hall–Kier alpha value is -1.62. The van der Waals surface area contributed by atoms with Gasteiger partial charge in [-0.15, -0.1) is 5.10 Å². The molecule has 5 heteroatoms. The van der Waals surface area contributed by atoms with Crippen LogP contribution in [0.3, 0.4) is 0 Å². The summed E-state index contributed by atoms with van der Waals surface area (Å²) in [4.78, 5) is 11.1. The average molecular weight is 193 g/mol. The van der Waals surface area contributed by atoms with Crippen molar-refractivity contribution in [2.24, 2.45) is 0 Å². The lowest BCUT2D eigenvalue weighted by Gasteiger charge is -1.96. The molecule has 0 saturated carbocycles. The van der Waals surface area contributed by atoms with Crippen molar-refractivity contribution in [3.05, 3.63) is 40.0 Å². The minimum atomic E-state index is -0.163. The number of benzene rings is 1. The van der Waals surface area contributed by atoms with Crippen molar-refractivity contribution in [1.82, 2.24) is 9.78 Å². The summed E-state index contributed by atoms with van der Waals surface area (Å²) in [6.45, 7) is 0. The molecule has 1 aromatic heterocycles. The van der Waals surface area contributed by atoms with Gasteiger partial charge in [0, 0.05) is 0 Å². The van der Waals surface area contributed by atoms with Gasteiger partial charge < -0.3 is 5.73 Å². The molecule has 1 aromatic carbocycles. The van der Waals surface area contributed by atoms with Crippen LogP contribution in [0, 0.1) is 0 Å². The fourth-order valence-electron chi connectivity index (χ4n) is 1.02. The third-order valence-corrected chi connectivity index (χ3v) is 2.20. The van der Waals surface area contributed by atoms with E-state index in [1.807, 2.05) is 18.2 Å². The summed E-state index contributed by atoms with van der Waals surface area (Å²) in [7, 11) is 0. The molecule has 0 unspecified atom stereocenters. The first-order valence-corrected chi connectivity index (χ1v) is 4.50. The van der Waals surface area contributed by atoms with Crippen molar-refractivity contribution in [3.8, 4) is 5.69 Å². The molecule has 13 heavy (non-hydrogen) atoms. The minimum absolute atomic E-state index is 0.163. The summed E-state index contributed by atoms with van der Waals surface area (Å²) in [5, 5.41) is 4.17. The third-order valence-electron chi connectivity index (χ3n) is 1.56. The van der Waals surface area contributed by atoms with E-state index in [0.29, 0.717) is 0 Å². The highest BCUT2D eigenvalue weighted by Crippen LogP contribution is 2.06. The van der Waals surface area contributed by atoms with E-state index in [2.05, 4.69) is 5.10 Å². The van der Waals surface area contributed by atoms with Crippen LogP contribution in [0.1, 0.15) is 0 Å². The van der Waals surface area contributed by atoms with Crippen molar-refractivity contribution in [3.63, 3.8) is 0 Å². The highest BCUT2D eigenvalue weighted by atomic mass is 32.1. The van der Waals surface area contributed by atoms with E-state index in [0.717, 1.165) is 17.0 Å². The van der Waals surface area contributed by atoms with E-state index >= 15 is 0 Å². The molecule has 0 aliphatic rings. The summed E-state index contributed by atoms with van der Waals surface area (Å²) in [5.41, 5.74) is 6.14. The number of hydrogen-bond donors (Lipinski definition) is 1. The minimum Gasteiger partial charge on any atom is -0.374 e. The lowest BCUT2D eigenvalue weighted by molar-refractivity contribution is 0.857. The van der Waals surface area contributed by atoms with Gasteiger partial charge in [-0.1, -0.05) is 18.2 Å². The van der Waals surface area contributed by atoms with Gasteiger partial charge in [0.15, 0.2) is 0 Å². The molecule has 2 N–H and O–H groups in total. The maximum Gasteiger partial charge on any atom is 0.331 e. The molecule has 0 aliphatic heterocycles. The number of aromatic nitrogens is 2. The van der Waals surface area contributed by atoms with Gasteiger partial charge in [-0.05, 0) is 23.5 Å². The first-order valence-electron chi connectivity index (χ1n) is 3.68. The van der Waals surface area contributed by atoms with Crippen molar-refractivity contribution < 1.29 is 0 Å². The quantitative estimate of drug-likeness (QED) is 0.731. The largest absolute Gasteiger partial charge is 0.374 e. The summed E-state index contributed by atoms with van der Waals surface area (Å²) in [6, 6.07) is 9.18. The van der Waals surface area contributed by atoms with Crippen molar-refractivity contribution >= 4 is 16.5 Å². The van der Waals surface area contributed by atoms with Crippen LogP contribution in [0.5, 0.6) is 0 Å². The second kappa shape index (κ2) is 3.02. The summed E-state index contributed by atoms with van der Waals surface area (Å²) < 4.78 is 1.29. The van der Waals surface area contributed by atoms with E-state index in [1.165, 1.54) is 4.68 Å². The van der Waals surface area contributed by atoms with Gasteiger partial charge in [0.25, 0.3) is 0 Å². The number of nitrogen functional groups attached to an aromatic ring is 1. The Morgan fingerprint density at radius 3 is 2.54 bits per heavy atom. The molecular formula is C8H7N3OS. The molecule has 2 rings (SSSR count). The van der Waals surface area contributed by atoms with Gasteiger partial charge in [0.1, 0.15) is 0 Å². The van der Waals surface area contributed by atoms with Gasteiger partial charge >= 0.3 is 4.87 Å². The Kier molecular flexibility index (Phi) is 1.86. The lowest BCUT2D eigenvalue weighted by atomic mass is 10.3. The van der Waals surface area contributed by atoms with Crippen LogP contribution in [0.25, 0.3) is 5.69 Å². The zero-order valence-electron chi connectivity index (χ0n) is 6.68. The van der Waals surface area contributed by atoms with Gasteiger partial charge in [-0.3, -0.25) is 4.79 Å². The van der Waals surface area contributed by atoms with E-state index in [-0.39, 0.29) is 10.0 Å². The smallest absolute Gasteiger partial charge is 0.331 e. The predicted octanol–water partition coefficient (Wildman–Crippen LogP) is 0.876. The van der Waals surface area contributed by atoms with Crippen LogP contribution >= 0.6 is 11.3 Å². The first kappa shape index (κ1) is 8.00. The summed E-state index contributed by atoms with van der Waals surface area (Å²) in [6.07, 6.45) is 0. The van der Waals surface area contributed by atoms with Crippen LogP contribution in [0.4, 0.5) is 5.13 Å². The van der Waals surface area contributed by atoms with Crippen LogP contribution in [-0.2, 0) is 0 Å². The molecule has 66 valence electrons. The monoisotopic (exact) mass is 193 g/mol. The molecule has 0 saturated heterocycles. The number of nitrogens with two attached hydrogens (primary N) is 1. The van der Waals surface area contributed by atoms with Crippen molar-refractivity contribution in [1.29, 1.82) is 0 Å². The van der Waals surface area contributed by atoms with E-state index < -0.39 is 0 Å². The SMILES string of the molecule is Nc1nn(-c2ccccc2)c(=O)s1. The van der Waals surface area contributed by atoms with Gasteiger partial charge in [-0.2, -0.15) is 4.68 Å². The van der Waals surface area contributed by atoms with E-state index in [4.69, 9.17) is 5.73 Å². The molecule has 0 bridgehead atoms. The Balaban J connectivity index is 2.59. The molecule has 2 aromatic rings. The van der Waals surface area contributed by atoms with Crippen LogP contribution in [0.2, 0.25) is 0 Å². The number of anilines is 1. The zero-order chi connectivity index (χ0) is 9.26. The Labute approximate surface area is 78.2 Å². The van der Waals surface area contributed by atoms with E-state index in [1.54, 1.807) is 12.1 Å². The standard InChI is InChI=1S/C8H7N3OS/c9-7-10-11(8(12)13-7)6-4-2-1-3-5-6/h1-5H,(H2,9,10). The predicted molar refractivity (Wildman–Crippen MR) is 52.1 cm³/mol. The van der Waals surface area contributed by atoms with Gasteiger partial charge in [-0.25, -0.2) is 0 Å². The maximum absolute atomic E-state index is 11.3. The first-order chi connectivity index (χ1) is 6.27. The Morgan fingerprint density at radius 1 is 1.31 bits per heavy atom. The number of rotatable bonds is 1. The van der Waals surface area contributed by atoms with Crippen LogP contribution in [-0.4, -0.2) is 9.78 Å². The molecular weight excluding hydrogens is 186 g/mol. The Bertz CT molecular complexity index is 460. The van der Waals surface area contributed by atoms with Crippen molar-refractivity contribution in [2.45, 2.75) is 0 Å². The van der Waals surface area contributed by atoms with Gasteiger partial charge in [0.05, 0.1) is 5.69 Å². The fourth-order valence-corrected chi connectivity index (χ4v) is 1.56. The summed E-state index contributed by atoms with van der Waals surface area (Å²) in [5.74, 6) is 0. The average Bonchev–Trinajstić information content (AvgIpc) is 2.47. The fraction of sp³-hybridized carbons (Fsp3) is 0. The van der Waals surface area contributed by atoms with Crippen LogP contribution in [0.15, 0.2) is 35.1 Å². The molecule has 0 spiro atoms. The Morgan fingerprint density at radius 2 is 2.00 bits per heavy atom. The third kappa shape index (κ3) is 1.46. The number of para-hydroxylation sites is 1. The second-order valence-corrected chi connectivity index (χ2v) is 3.43. The molecule has 1 heterocycles. The highest BCUT2D eigenvalue weighted by Gasteiger charge is 2.03. The topological polar surface area (TPSA) is 60.9 Å². The highest BCUT2D eigenvalue weighted by molar-refractivity contribution is 7.12. The second-order valence-electron chi connectivity index (χ2n) is 2.45. The number of hydrogen-bond acceptors (Lipinski definition) is 4. The van der Waals surface area contributed by atoms with Crippen molar-refractivity contribution in [2.75, 3.05) is 5.73 Å². The van der Waals surface area contributed by atoms with Gasteiger partial charge in [0.2, 0.25) is 5.13 Å². The maximum atomic E-state index is 11.3. The summed E-state index contributed by atoms with van der Waals surface area (Å²) >= 11 is 0.938. The normalized spacial score (nSPS) is 10.2. The molecule has 0 amide bonds. The molecule has 0 radical (unpaired) electrons. The molecule has 0 aliphatic carbocycles. The van der Waals surface area contributed by atoms with Crippen LogP contribution < -0.4 is 10.6 Å².